The van der Waals surface area contributed by atoms with Gasteiger partial charge < -0.3 is 19.4 Å². The molecule has 2 saturated heterocycles. The highest BCUT2D eigenvalue weighted by atomic mass is 16.6. The van der Waals surface area contributed by atoms with Crippen LogP contribution in [0, 0.1) is 0 Å². The topological polar surface area (TPSA) is 105 Å². The van der Waals surface area contributed by atoms with Crippen LogP contribution in [0.1, 0.15) is 32.0 Å². The zero-order valence-electron chi connectivity index (χ0n) is 17.0. The number of imidazole rings is 1. The van der Waals surface area contributed by atoms with Gasteiger partial charge in [0.2, 0.25) is 5.91 Å². The van der Waals surface area contributed by atoms with Crippen LogP contribution in [0.15, 0.2) is 24.3 Å². The van der Waals surface area contributed by atoms with Crippen LogP contribution in [-0.4, -0.2) is 76.1 Å². The first kappa shape index (κ1) is 20.2. The summed E-state index contributed by atoms with van der Waals surface area (Å²) in [5, 5.41) is 0. The number of fused-ring (bicyclic) bond motifs is 1. The normalized spacial score (nSPS) is 19.9. The highest BCUT2D eigenvalue weighted by molar-refractivity contribution is 5.84. The maximum atomic E-state index is 12.6. The Morgan fingerprint density at radius 3 is 2.77 bits per heavy atom. The number of hydrogen-bond acceptors (Lipinski definition) is 6. The van der Waals surface area contributed by atoms with E-state index in [2.05, 4.69) is 9.97 Å². The number of hydrogen-bond donors (Lipinski definition) is 1. The van der Waals surface area contributed by atoms with Crippen molar-refractivity contribution in [1.29, 1.82) is 0 Å². The summed E-state index contributed by atoms with van der Waals surface area (Å²) in [6.07, 6.45) is 1.67. The first-order chi connectivity index (χ1) is 14.6. The van der Waals surface area contributed by atoms with Gasteiger partial charge in [0.1, 0.15) is 12.4 Å². The van der Waals surface area contributed by atoms with Gasteiger partial charge in [-0.1, -0.05) is 12.1 Å². The molecule has 0 bridgehead atoms. The van der Waals surface area contributed by atoms with Crippen LogP contribution in [0.3, 0.4) is 0 Å². The molecule has 1 aromatic heterocycles. The van der Waals surface area contributed by atoms with Gasteiger partial charge in [-0.2, -0.15) is 0 Å². The van der Waals surface area contributed by atoms with Crippen LogP contribution in [-0.2, 0) is 25.5 Å². The molecular weight excluding hydrogens is 388 g/mol. The van der Waals surface area contributed by atoms with Crippen molar-refractivity contribution in [2.45, 2.75) is 44.7 Å². The van der Waals surface area contributed by atoms with Crippen molar-refractivity contribution in [2.24, 2.45) is 0 Å². The molecule has 2 aliphatic rings. The minimum atomic E-state index is -0.696. The number of esters is 1. The summed E-state index contributed by atoms with van der Waals surface area (Å²) in [6.45, 7) is 3.10. The monoisotopic (exact) mass is 414 g/mol. The summed E-state index contributed by atoms with van der Waals surface area (Å²) < 4.78 is 10.1. The number of carbonyl (C=O) groups is 3. The van der Waals surface area contributed by atoms with Crippen molar-refractivity contribution < 1.29 is 23.9 Å². The summed E-state index contributed by atoms with van der Waals surface area (Å²) in [5.74, 6) is 0.434. The van der Waals surface area contributed by atoms with Crippen LogP contribution in [0.5, 0.6) is 0 Å². The fourth-order valence-electron chi connectivity index (χ4n) is 4.16. The summed E-state index contributed by atoms with van der Waals surface area (Å²) in [5.41, 5.74) is 1.86. The third-order valence-corrected chi connectivity index (χ3v) is 5.69. The van der Waals surface area contributed by atoms with E-state index in [1.165, 1.54) is 4.90 Å². The molecule has 1 atom stereocenters. The van der Waals surface area contributed by atoms with Crippen molar-refractivity contribution in [3.05, 3.63) is 30.1 Å². The Morgan fingerprint density at radius 1 is 1.27 bits per heavy atom. The maximum Gasteiger partial charge on any atom is 0.410 e. The summed E-state index contributed by atoms with van der Waals surface area (Å²) in [7, 11) is 0. The van der Waals surface area contributed by atoms with Gasteiger partial charge in [0.05, 0.1) is 17.6 Å². The Balaban J connectivity index is 1.29. The van der Waals surface area contributed by atoms with Crippen LogP contribution in [0.2, 0.25) is 0 Å². The molecule has 9 nitrogen and oxygen atoms in total. The molecule has 160 valence electrons. The molecule has 1 N–H and O–H groups in total. The molecule has 3 heterocycles. The lowest BCUT2D eigenvalue weighted by Gasteiger charge is -2.37. The number of amides is 2. The number of nitrogens with zero attached hydrogens (tertiary/aromatic N) is 3. The maximum absolute atomic E-state index is 12.6. The average Bonchev–Trinajstić information content (AvgIpc) is 3.35. The molecule has 0 spiro atoms. The molecule has 0 saturated carbocycles. The van der Waals surface area contributed by atoms with Gasteiger partial charge in [0, 0.05) is 32.0 Å². The molecule has 0 aliphatic carbocycles. The van der Waals surface area contributed by atoms with Gasteiger partial charge in [0.15, 0.2) is 6.04 Å². The van der Waals surface area contributed by atoms with E-state index in [0.717, 1.165) is 16.9 Å². The molecule has 9 heteroatoms. The molecule has 2 fully saturated rings. The standard InChI is InChI=1S/C21H26N4O5/c1-2-29-20(27)17-13-30-21(28)25(17)14-9-11-24(12-10-14)19(26)8-7-18-22-15-5-3-4-6-16(15)23-18/h3-6,14,17H,2,7-13H2,1H3,(H,22,23)/t17-/m0/s1. The fourth-order valence-corrected chi connectivity index (χ4v) is 4.16. The van der Waals surface area contributed by atoms with Gasteiger partial charge >= 0.3 is 12.1 Å². The van der Waals surface area contributed by atoms with E-state index in [0.29, 0.717) is 38.8 Å². The minimum Gasteiger partial charge on any atom is -0.464 e. The molecule has 0 radical (unpaired) electrons. The highest BCUT2D eigenvalue weighted by Gasteiger charge is 2.44. The number of benzene rings is 1. The first-order valence-corrected chi connectivity index (χ1v) is 10.4. The molecule has 2 aliphatic heterocycles. The lowest BCUT2D eigenvalue weighted by molar-refractivity contribution is -0.149. The number of H-pyrrole nitrogens is 1. The lowest BCUT2D eigenvalue weighted by Crippen LogP contribution is -2.52. The predicted octanol–water partition coefficient (Wildman–Crippen LogP) is 1.87. The van der Waals surface area contributed by atoms with E-state index in [9.17, 15) is 14.4 Å². The number of piperidine rings is 1. The lowest BCUT2D eigenvalue weighted by atomic mass is 10.0. The van der Waals surface area contributed by atoms with Crippen molar-refractivity contribution in [1.82, 2.24) is 19.8 Å². The summed E-state index contributed by atoms with van der Waals surface area (Å²) in [6, 6.07) is 6.96. The Hall–Kier alpha value is -3.10. The second kappa shape index (κ2) is 8.73. The van der Waals surface area contributed by atoms with Crippen molar-refractivity contribution in [2.75, 3.05) is 26.3 Å². The van der Waals surface area contributed by atoms with Crippen LogP contribution < -0.4 is 0 Å². The van der Waals surface area contributed by atoms with E-state index in [1.807, 2.05) is 29.2 Å². The number of rotatable bonds is 6. The third-order valence-electron chi connectivity index (χ3n) is 5.69. The molecule has 2 aromatic rings. The number of aryl methyl sites for hydroxylation is 1. The summed E-state index contributed by atoms with van der Waals surface area (Å²) >= 11 is 0. The number of nitrogens with one attached hydrogen (secondary N) is 1. The molecule has 0 unspecified atom stereocenters. The van der Waals surface area contributed by atoms with Crippen LogP contribution in [0.4, 0.5) is 4.79 Å². The Labute approximate surface area is 174 Å². The van der Waals surface area contributed by atoms with Gasteiger partial charge in [-0.05, 0) is 31.9 Å². The number of cyclic esters (lactones) is 1. The quantitative estimate of drug-likeness (QED) is 0.724. The molecule has 30 heavy (non-hydrogen) atoms. The zero-order chi connectivity index (χ0) is 21.1. The molecule has 4 rings (SSSR count). The number of aromatic amines is 1. The van der Waals surface area contributed by atoms with Gasteiger partial charge in [0.25, 0.3) is 0 Å². The minimum absolute atomic E-state index is 0.0221. The largest absolute Gasteiger partial charge is 0.464 e. The van der Waals surface area contributed by atoms with E-state index in [1.54, 1.807) is 6.92 Å². The van der Waals surface area contributed by atoms with Crippen LogP contribution in [0.25, 0.3) is 11.0 Å². The Bertz CT molecular complexity index is 901. The number of aromatic nitrogens is 2. The highest BCUT2D eigenvalue weighted by Crippen LogP contribution is 2.25. The number of ether oxygens (including phenoxy) is 2. The van der Waals surface area contributed by atoms with Crippen molar-refractivity contribution in [3.8, 4) is 0 Å². The Kier molecular flexibility index (Phi) is 5.87. The second-order valence-corrected chi connectivity index (χ2v) is 7.56. The van der Waals surface area contributed by atoms with E-state index in [4.69, 9.17) is 9.47 Å². The number of likely N-dealkylation sites (tertiary alicyclic amines) is 1. The van der Waals surface area contributed by atoms with Gasteiger partial charge in [-0.25, -0.2) is 14.6 Å². The number of carbonyl (C=O) groups excluding carboxylic acids is 3. The van der Waals surface area contributed by atoms with E-state index in [-0.39, 0.29) is 25.2 Å². The Morgan fingerprint density at radius 2 is 2.03 bits per heavy atom. The van der Waals surface area contributed by atoms with E-state index >= 15 is 0 Å². The van der Waals surface area contributed by atoms with Crippen molar-refractivity contribution in [3.63, 3.8) is 0 Å². The van der Waals surface area contributed by atoms with Crippen LogP contribution >= 0.6 is 0 Å². The van der Waals surface area contributed by atoms with Crippen molar-refractivity contribution >= 4 is 29.0 Å². The summed E-state index contributed by atoms with van der Waals surface area (Å²) in [4.78, 5) is 48.0. The second-order valence-electron chi connectivity index (χ2n) is 7.56. The predicted molar refractivity (Wildman–Crippen MR) is 108 cm³/mol. The van der Waals surface area contributed by atoms with Gasteiger partial charge in [-0.3, -0.25) is 9.69 Å². The van der Waals surface area contributed by atoms with E-state index < -0.39 is 18.1 Å². The smallest absolute Gasteiger partial charge is 0.410 e. The molecule has 1 aromatic carbocycles. The zero-order valence-corrected chi connectivity index (χ0v) is 17.0. The average molecular weight is 414 g/mol. The first-order valence-electron chi connectivity index (χ1n) is 10.4. The number of para-hydroxylation sites is 2. The molecule has 2 amide bonds. The molecular formula is C21H26N4O5. The fraction of sp³-hybridized carbons (Fsp3) is 0.524. The van der Waals surface area contributed by atoms with Gasteiger partial charge in [-0.15, -0.1) is 0 Å². The third kappa shape index (κ3) is 4.10. The SMILES string of the molecule is CCOC(=O)[C@@H]1COC(=O)N1C1CCN(C(=O)CCc2nc3ccccc3[nH]2)CC1.